The van der Waals surface area contributed by atoms with E-state index in [-0.39, 0.29) is 6.61 Å². The Hall–Kier alpha value is -0.870. The summed E-state index contributed by atoms with van der Waals surface area (Å²) in [7, 11) is 1.94. The van der Waals surface area contributed by atoms with E-state index in [9.17, 15) is 0 Å². The number of hydrogen-bond donors (Lipinski definition) is 1. The number of anilines is 1. The van der Waals surface area contributed by atoms with Crippen LogP contribution < -0.4 is 4.90 Å². The van der Waals surface area contributed by atoms with Crippen LogP contribution in [0.1, 0.15) is 19.3 Å². The Balaban J connectivity index is 2.40. The molecule has 1 N–H and O–H groups in total. The first-order valence-electron chi connectivity index (χ1n) is 5.04. The fourth-order valence-corrected chi connectivity index (χ4v) is 1.56. The van der Waals surface area contributed by atoms with Crippen LogP contribution in [0.4, 0.5) is 5.82 Å². The van der Waals surface area contributed by atoms with Gasteiger partial charge in [0.05, 0.1) is 0 Å². The number of aliphatic hydroxyl groups excluding tert-OH is 1. The van der Waals surface area contributed by atoms with E-state index >= 15 is 0 Å². The molecule has 0 bridgehead atoms. The first-order chi connectivity index (χ1) is 7.25. The molecule has 0 aliphatic rings. The molecule has 5 heteroatoms. The topological polar surface area (TPSA) is 49.2 Å². The van der Waals surface area contributed by atoms with Crippen LogP contribution in [0.25, 0.3) is 0 Å². The Morgan fingerprint density at radius 3 is 2.67 bits per heavy atom. The van der Waals surface area contributed by atoms with Gasteiger partial charge in [-0.05, 0) is 19.3 Å². The molecule has 0 aliphatic heterocycles. The maximum absolute atomic E-state index is 8.64. The summed E-state index contributed by atoms with van der Waals surface area (Å²) in [4.78, 5) is 10.1. The Bertz CT molecular complexity index is 296. The highest BCUT2D eigenvalue weighted by atomic mass is 35.5. The van der Waals surface area contributed by atoms with Gasteiger partial charge in [0.1, 0.15) is 0 Å². The lowest BCUT2D eigenvalue weighted by Gasteiger charge is -2.18. The van der Waals surface area contributed by atoms with Crippen molar-refractivity contribution in [3.05, 3.63) is 17.5 Å². The van der Waals surface area contributed by atoms with Crippen LogP contribution in [-0.4, -0.2) is 35.3 Å². The van der Waals surface area contributed by atoms with Crippen molar-refractivity contribution >= 4 is 17.4 Å². The fraction of sp³-hybridized carbons (Fsp3) is 0.600. The van der Waals surface area contributed by atoms with Gasteiger partial charge in [0.15, 0.2) is 11.0 Å². The quantitative estimate of drug-likeness (QED) is 0.755. The van der Waals surface area contributed by atoms with Crippen LogP contribution in [0.2, 0.25) is 5.15 Å². The first kappa shape index (κ1) is 12.2. The maximum Gasteiger partial charge on any atom is 0.171 e. The summed E-state index contributed by atoms with van der Waals surface area (Å²) in [5.74, 6) is 0.711. The van der Waals surface area contributed by atoms with Gasteiger partial charge in [-0.15, -0.1) is 0 Å². The van der Waals surface area contributed by atoms with Gasteiger partial charge >= 0.3 is 0 Å². The molecule has 0 spiro atoms. The van der Waals surface area contributed by atoms with Crippen molar-refractivity contribution < 1.29 is 5.11 Å². The van der Waals surface area contributed by atoms with Gasteiger partial charge in [-0.2, -0.15) is 0 Å². The number of aromatic nitrogens is 2. The normalized spacial score (nSPS) is 10.3. The minimum atomic E-state index is 0.260. The van der Waals surface area contributed by atoms with Gasteiger partial charge < -0.3 is 10.0 Å². The third-order valence-corrected chi connectivity index (χ3v) is 2.42. The molecule has 0 amide bonds. The molecule has 0 radical (unpaired) electrons. The van der Waals surface area contributed by atoms with E-state index in [2.05, 4.69) is 9.97 Å². The molecule has 0 unspecified atom stereocenters. The van der Waals surface area contributed by atoms with Crippen LogP contribution in [-0.2, 0) is 0 Å². The minimum absolute atomic E-state index is 0.260. The molecule has 0 aromatic carbocycles. The van der Waals surface area contributed by atoms with Crippen LogP contribution in [0.15, 0.2) is 12.4 Å². The van der Waals surface area contributed by atoms with Crippen molar-refractivity contribution in [1.29, 1.82) is 0 Å². The summed E-state index contributed by atoms with van der Waals surface area (Å²) in [5.41, 5.74) is 0. The zero-order valence-electron chi connectivity index (χ0n) is 8.86. The predicted octanol–water partition coefficient (Wildman–Crippen LogP) is 1.73. The van der Waals surface area contributed by atoms with Gasteiger partial charge in [-0.3, -0.25) is 0 Å². The van der Waals surface area contributed by atoms with Gasteiger partial charge in [0.25, 0.3) is 0 Å². The Kier molecular flexibility index (Phi) is 5.36. The average molecular weight is 230 g/mol. The lowest BCUT2D eigenvalue weighted by Crippen LogP contribution is -2.20. The van der Waals surface area contributed by atoms with Gasteiger partial charge in [0, 0.05) is 32.6 Å². The summed E-state index contributed by atoms with van der Waals surface area (Å²) >= 11 is 5.90. The van der Waals surface area contributed by atoms with E-state index in [1.165, 1.54) is 0 Å². The van der Waals surface area contributed by atoms with Crippen LogP contribution in [0.5, 0.6) is 0 Å². The number of aliphatic hydroxyl groups is 1. The predicted molar refractivity (Wildman–Crippen MR) is 61.2 cm³/mol. The van der Waals surface area contributed by atoms with E-state index in [1.807, 2.05) is 11.9 Å². The molecule has 0 aliphatic carbocycles. The second-order valence-corrected chi connectivity index (χ2v) is 3.73. The lowest BCUT2D eigenvalue weighted by atomic mass is 10.2. The lowest BCUT2D eigenvalue weighted by molar-refractivity contribution is 0.283. The van der Waals surface area contributed by atoms with Crippen molar-refractivity contribution in [3.8, 4) is 0 Å². The fourth-order valence-electron chi connectivity index (χ4n) is 1.31. The van der Waals surface area contributed by atoms with Crippen molar-refractivity contribution in [2.75, 3.05) is 25.1 Å². The SMILES string of the molecule is CN(CCCCCO)c1nccnc1Cl. The number of hydrogen-bond acceptors (Lipinski definition) is 4. The maximum atomic E-state index is 8.64. The molecule has 0 saturated carbocycles. The third-order valence-electron chi connectivity index (χ3n) is 2.15. The van der Waals surface area contributed by atoms with E-state index in [0.29, 0.717) is 11.0 Å². The van der Waals surface area contributed by atoms with Crippen molar-refractivity contribution in [3.63, 3.8) is 0 Å². The smallest absolute Gasteiger partial charge is 0.171 e. The van der Waals surface area contributed by atoms with E-state index in [0.717, 1.165) is 25.8 Å². The molecule has 84 valence electrons. The molecule has 0 saturated heterocycles. The minimum Gasteiger partial charge on any atom is -0.396 e. The first-order valence-corrected chi connectivity index (χ1v) is 5.42. The summed E-state index contributed by atoms with van der Waals surface area (Å²) in [6.07, 6.45) is 6.08. The summed E-state index contributed by atoms with van der Waals surface area (Å²) < 4.78 is 0. The molecule has 1 heterocycles. The Morgan fingerprint density at radius 1 is 1.27 bits per heavy atom. The number of unbranched alkanes of at least 4 members (excludes halogenated alkanes) is 2. The second-order valence-electron chi connectivity index (χ2n) is 3.38. The highest BCUT2D eigenvalue weighted by Crippen LogP contribution is 2.18. The zero-order valence-corrected chi connectivity index (χ0v) is 9.61. The van der Waals surface area contributed by atoms with Crippen molar-refractivity contribution in [2.24, 2.45) is 0 Å². The van der Waals surface area contributed by atoms with Crippen LogP contribution >= 0.6 is 11.6 Å². The van der Waals surface area contributed by atoms with E-state index < -0.39 is 0 Å². The van der Waals surface area contributed by atoms with Gasteiger partial charge in [-0.25, -0.2) is 9.97 Å². The highest BCUT2D eigenvalue weighted by molar-refractivity contribution is 6.31. The largest absolute Gasteiger partial charge is 0.396 e. The molecule has 0 fully saturated rings. The molecular formula is C10H16ClN3O. The molecule has 4 nitrogen and oxygen atoms in total. The van der Waals surface area contributed by atoms with E-state index in [4.69, 9.17) is 16.7 Å². The van der Waals surface area contributed by atoms with Crippen molar-refractivity contribution in [1.82, 2.24) is 9.97 Å². The summed E-state index contributed by atoms with van der Waals surface area (Å²) in [6.45, 7) is 1.13. The average Bonchev–Trinajstić information content (AvgIpc) is 2.25. The highest BCUT2D eigenvalue weighted by Gasteiger charge is 2.06. The van der Waals surface area contributed by atoms with Gasteiger partial charge in [-0.1, -0.05) is 11.6 Å². The molecule has 1 rings (SSSR count). The molecule has 15 heavy (non-hydrogen) atoms. The monoisotopic (exact) mass is 229 g/mol. The van der Waals surface area contributed by atoms with Crippen molar-refractivity contribution in [2.45, 2.75) is 19.3 Å². The van der Waals surface area contributed by atoms with E-state index in [1.54, 1.807) is 12.4 Å². The molecule has 1 aromatic heterocycles. The zero-order chi connectivity index (χ0) is 11.1. The summed E-state index contributed by atoms with van der Waals surface area (Å²) in [6, 6.07) is 0. The Labute approximate surface area is 94.9 Å². The molecule has 1 aromatic rings. The Morgan fingerprint density at radius 2 is 2.00 bits per heavy atom. The standard InChI is InChI=1S/C10H16ClN3O/c1-14(7-3-2-4-8-15)10-9(11)12-5-6-13-10/h5-6,15H,2-4,7-8H2,1H3. The molecule has 0 atom stereocenters. The summed E-state index contributed by atoms with van der Waals surface area (Å²) in [5, 5.41) is 9.07. The van der Waals surface area contributed by atoms with Crippen LogP contribution in [0.3, 0.4) is 0 Å². The number of rotatable bonds is 6. The third kappa shape index (κ3) is 4.01. The second kappa shape index (κ2) is 6.58. The molecular weight excluding hydrogens is 214 g/mol. The van der Waals surface area contributed by atoms with Crippen LogP contribution in [0, 0.1) is 0 Å². The number of halogens is 1. The number of nitrogens with zero attached hydrogens (tertiary/aromatic N) is 3. The van der Waals surface area contributed by atoms with Gasteiger partial charge in [0.2, 0.25) is 0 Å².